The summed E-state index contributed by atoms with van der Waals surface area (Å²) in [7, 11) is 0. The van der Waals surface area contributed by atoms with E-state index in [-0.39, 0.29) is 30.2 Å². The van der Waals surface area contributed by atoms with Crippen molar-refractivity contribution in [2.24, 2.45) is 0 Å². The van der Waals surface area contributed by atoms with Gasteiger partial charge in [0.15, 0.2) is 0 Å². The fourth-order valence-corrected chi connectivity index (χ4v) is 3.46. The molecule has 8 nitrogen and oxygen atoms in total. The van der Waals surface area contributed by atoms with Crippen LogP contribution in [0.2, 0.25) is 0 Å². The van der Waals surface area contributed by atoms with Crippen molar-refractivity contribution < 1.29 is 36.9 Å². The summed E-state index contributed by atoms with van der Waals surface area (Å²) in [6.07, 6.45) is 1.82. The van der Waals surface area contributed by atoms with Gasteiger partial charge in [-0.3, -0.25) is 9.80 Å². The van der Waals surface area contributed by atoms with Crippen LogP contribution in [0, 0.1) is 0 Å². The van der Waals surface area contributed by atoms with E-state index in [1.54, 1.807) is 0 Å². The Hall–Kier alpha value is -0.701. The van der Waals surface area contributed by atoms with Gasteiger partial charge in [0.25, 0.3) is 0 Å². The first kappa shape index (κ1) is 22.3. The molecule has 2 fully saturated rings. The molecule has 0 saturated carbocycles. The van der Waals surface area contributed by atoms with Gasteiger partial charge in [-0.2, -0.15) is 0 Å². The Kier molecular flexibility index (Phi) is 10.6. The quantitative estimate of drug-likeness (QED) is 0.453. The molecule has 2 unspecified atom stereocenters. The van der Waals surface area contributed by atoms with Crippen molar-refractivity contribution in [2.45, 2.75) is 12.8 Å². The molecule has 9 heteroatoms. The molecule has 0 aromatic carbocycles. The van der Waals surface area contributed by atoms with Crippen LogP contribution in [0.4, 0.5) is 0 Å². The summed E-state index contributed by atoms with van der Waals surface area (Å²) in [4.78, 5) is 30.4. The summed E-state index contributed by atoms with van der Waals surface area (Å²) >= 11 is 0. The predicted octanol–water partition coefficient (Wildman–Crippen LogP) is -3.50. The number of fused-ring (bicyclic) bond motifs is 3. The van der Waals surface area contributed by atoms with E-state index in [4.69, 9.17) is 0 Å². The van der Waals surface area contributed by atoms with Crippen LogP contribution in [0.1, 0.15) is 12.8 Å². The van der Waals surface area contributed by atoms with Crippen LogP contribution in [-0.2, 0) is 26.7 Å². The number of aliphatic carboxylic acids is 2. The minimum absolute atomic E-state index is 0. The number of hydrogen-bond donors (Lipinski definition) is 0. The SMILES string of the molecule is O=C([O-])CN1CCCN2CCN(CCCN(CC(=O)[O-])CC2)CC1.[Mn+2]. The van der Waals surface area contributed by atoms with Gasteiger partial charge in [-0.15, -0.1) is 0 Å². The Morgan fingerprint density at radius 3 is 1.32 bits per heavy atom. The zero-order valence-electron chi connectivity index (χ0n) is 14.7. The number of carbonyl (C=O) groups is 2. The Morgan fingerprint density at radius 2 is 0.960 bits per heavy atom. The molecule has 2 aliphatic heterocycles. The summed E-state index contributed by atoms with van der Waals surface area (Å²) in [5, 5.41) is 21.8. The molecule has 2 atom stereocenters. The van der Waals surface area contributed by atoms with Gasteiger partial charge in [-0.05, 0) is 39.0 Å². The molecule has 143 valence electrons. The van der Waals surface area contributed by atoms with Gasteiger partial charge >= 0.3 is 17.1 Å². The van der Waals surface area contributed by atoms with E-state index >= 15 is 0 Å². The number of carboxylic acid groups (broad SMARTS) is 2. The molecule has 2 bridgehead atoms. The molecule has 0 amide bonds. The fraction of sp³-hybridized carbons (Fsp3) is 0.875. The molecule has 2 rings (SSSR count). The summed E-state index contributed by atoms with van der Waals surface area (Å²) in [6.45, 7) is 8.37. The van der Waals surface area contributed by atoms with Gasteiger partial charge in [-0.1, -0.05) is 0 Å². The van der Waals surface area contributed by atoms with Gasteiger partial charge < -0.3 is 29.6 Å². The van der Waals surface area contributed by atoms with Crippen LogP contribution in [0.25, 0.3) is 0 Å². The maximum Gasteiger partial charge on any atom is 2.00 e. The zero-order chi connectivity index (χ0) is 17.4. The van der Waals surface area contributed by atoms with Crippen molar-refractivity contribution in [1.29, 1.82) is 0 Å². The topological polar surface area (TPSA) is 93.2 Å². The molecule has 2 aliphatic rings. The maximum absolute atomic E-state index is 10.9. The van der Waals surface area contributed by atoms with E-state index in [1.807, 2.05) is 9.80 Å². The van der Waals surface area contributed by atoms with E-state index < -0.39 is 11.9 Å². The molecule has 0 N–H and O–H groups in total. The van der Waals surface area contributed by atoms with Crippen LogP contribution >= 0.6 is 0 Å². The fourth-order valence-electron chi connectivity index (χ4n) is 3.46. The minimum atomic E-state index is -1.02. The number of hydrogen-bond acceptors (Lipinski definition) is 8. The van der Waals surface area contributed by atoms with Crippen LogP contribution in [-0.4, -0.2) is 110 Å². The summed E-state index contributed by atoms with van der Waals surface area (Å²) in [6, 6.07) is 0. The molecule has 25 heavy (non-hydrogen) atoms. The second-order valence-electron chi connectivity index (χ2n) is 6.69. The molecule has 2 saturated heterocycles. The molecular weight excluding hydrogens is 367 g/mol. The average molecular weight is 395 g/mol. The predicted molar refractivity (Wildman–Crippen MR) is 85.0 cm³/mol. The van der Waals surface area contributed by atoms with E-state index in [0.717, 1.165) is 78.3 Å². The van der Waals surface area contributed by atoms with Crippen molar-refractivity contribution in [3.63, 3.8) is 0 Å². The number of carbonyl (C=O) groups excluding carboxylic acids is 2. The van der Waals surface area contributed by atoms with Gasteiger partial charge in [-0.25, -0.2) is 0 Å². The third-order valence-corrected chi connectivity index (χ3v) is 4.80. The minimum Gasteiger partial charge on any atom is -0.549 e. The first-order valence-corrected chi connectivity index (χ1v) is 8.82. The number of nitrogens with zero attached hydrogens (tertiary/aromatic N) is 4. The second kappa shape index (κ2) is 11.8. The Morgan fingerprint density at radius 1 is 0.600 bits per heavy atom. The van der Waals surface area contributed by atoms with E-state index in [1.165, 1.54) is 0 Å². The van der Waals surface area contributed by atoms with Crippen LogP contribution in [0.3, 0.4) is 0 Å². The van der Waals surface area contributed by atoms with Crippen LogP contribution < -0.4 is 10.2 Å². The molecular formula is C16H28MnN4O4. The first-order chi connectivity index (χ1) is 11.5. The van der Waals surface area contributed by atoms with Crippen molar-refractivity contribution in [3.05, 3.63) is 0 Å². The van der Waals surface area contributed by atoms with Crippen LogP contribution in [0.15, 0.2) is 0 Å². The molecule has 0 aromatic heterocycles. The van der Waals surface area contributed by atoms with Gasteiger partial charge in [0.05, 0.1) is 11.9 Å². The van der Waals surface area contributed by atoms with Crippen LogP contribution in [0.5, 0.6) is 0 Å². The Labute approximate surface area is 160 Å². The van der Waals surface area contributed by atoms with Crippen molar-refractivity contribution in [2.75, 3.05) is 78.5 Å². The van der Waals surface area contributed by atoms with E-state index in [2.05, 4.69) is 9.80 Å². The zero-order valence-corrected chi connectivity index (χ0v) is 15.9. The number of rotatable bonds is 4. The monoisotopic (exact) mass is 395 g/mol. The van der Waals surface area contributed by atoms with E-state index in [0.29, 0.717) is 0 Å². The maximum atomic E-state index is 10.9. The molecule has 1 radical (unpaired) electrons. The third-order valence-electron chi connectivity index (χ3n) is 4.80. The molecule has 0 aromatic rings. The van der Waals surface area contributed by atoms with E-state index in [9.17, 15) is 19.8 Å². The van der Waals surface area contributed by atoms with Gasteiger partial charge in [0.1, 0.15) is 0 Å². The summed E-state index contributed by atoms with van der Waals surface area (Å²) in [5.41, 5.74) is 0. The molecule has 0 aliphatic carbocycles. The largest absolute Gasteiger partial charge is 2.00 e. The average Bonchev–Trinajstić information content (AvgIpc) is 2.51. The molecule has 2 heterocycles. The van der Waals surface area contributed by atoms with Crippen molar-refractivity contribution in [1.82, 2.24) is 19.6 Å². The first-order valence-electron chi connectivity index (χ1n) is 8.82. The standard InChI is InChI=1S/C16H30N4O4.Mn/c21-15(22)13-19-5-1-3-17-7-8-18(10-11-19)4-2-6-20(12-9-17)14-16(23)24;/h1-14H2,(H,21,22)(H,23,24);/q;+2/p-2. The smallest absolute Gasteiger partial charge is 0.549 e. The summed E-state index contributed by atoms with van der Waals surface area (Å²) < 4.78 is 0. The Bertz CT molecular complexity index is 389. The second-order valence-corrected chi connectivity index (χ2v) is 6.69. The normalized spacial score (nSPS) is 27.2. The Balaban J connectivity index is 0.00000312. The van der Waals surface area contributed by atoms with Gasteiger partial charge in [0, 0.05) is 52.4 Å². The van der Waals surface area contributed by atoms with Gasteiger partial charge in [0.2, 0.25) is 0 Å². The van der Waals surface area contributed by atoms with Crippen molar-refractivity contribution in [3.8, 4) is 0 Å². The van der Waals surface area contributed by atoms with Crippen molar-refractivity contribution >= 4 is 11.9 Å². The summed E-state index contributed by atoms with van der Waals surface area (Å²) in [5.74, 6) is -2.04. The molecule has 0 spiro atoms. The third kappa shape index (κ3) is 8.98. The number of carboxylic acids is 2.